The molecular weight excluding hydrogens is 251 g/mol. The first-order valence-corrected chi connectivity index (χ1v) is 6.85. The van der Waals surface area contributed by atoms with E-state index < -0.39 is 17.0 Å². The summed E-state index contributed by atoms with van der Waals surface area (Å²) < 4.78 is 24.6. The molecule has 6 heteroatoms. The zero-order chi connectivity index (χ0) is 12.9. The Hall–Kier alpha value is -1.63. The third kappa shape index (κ3) is 1.37. The van der Waals surface area contributed by atoms with Crippen molar-refractivity contribution in [2.24, 2.45) is 0 Å². The molecule has 0 amide bonds. The monoisotopic (exact) mass is 260 g/mol. The molecule has 0 aromatic heterocycles. The molecule has 0 saturated heterocycles. The summed E-state index contributed by atoms with van der Waals surface area (Å²) in [6, 6.07) is 11.1. The van der Waals surface area contributed by atoms with Gasteiger partial charge in [-0.25, -0.2) is 8.42 Å². The van der Waals surface area contributed by atoms with E-state index in [1.54, 1.807) is 18.2 Å². The van der Waals surface area contributed by atoms with Gasteiger partial charge in [-0.3, -0.25) is 0 Å². The number of hydrogen-bond acceptors (Lipinski definition) is 4. The predicted octanol–water partition coefficient (Wildman–Crippen LogP) is 0.180. The van der Waals surface area contributed by atoms with E-state index in [0.717, 1.165) is 0 Å². The zero-order valence-corrected chi connectivity index (χ0v) is 10.1. The van der Waals surface area contributed by atoms with E-state index in [0.29, 0.717) is 11.1 Å². The summed E-state index contributed by atoms with van der Waals surface area (Å²) in [5.74, 6) is 0. The SMILES string of the molecule is O=S1(=O)c2ccccc2-c2c(B(O)O)cccc21. The van der Waals surface area contributed by atoms with Gasteiger partial charge >= 0.3 is 7.12 Å². The minimum atomic E-state index is -3.54. The third-order valence-electron chi connectivity index (χ3n) is 3.07. The molecule has 1 aliphatic rings. The van der Waals surface area contributed by atoms with Crippen molar-refractivity contribution < 1.29 is 18.5 Å². The van der Waals surface area contributed by atoms with E-state index in [1.807, 2.05) is 0 Å². The Labute approximate surface area is 105 Å². The van der Waals surface area contributed by atoms with Crippen LogP contribution in [0.15, 0.2) is 52.3 Å². The van der Waals surface area contributed by atoms with Gasteiger partial charge in [0.05, 0.1) is 9.79 Å². The zero-order valence-electron chi connectivity index (χ0n) is 9.24. The highest BCUT2D eigenvalue weighted by atomic mass is 32.2. The van der Waals surface area contributed by atoms with Gasteiger partial charge in [0, 0.05) is 11.1 Å². The molecule has 0 atom stereocenters. The summed E-state index contributed by atoms with van der Waals surface area (Å²) in [5, 5.41) is 18.7. The van der Waals surface area contributed by atoms with Gasteiger partial charge in [-0.15, -0.1) is 0 Å². The van der Waals surface area contributed by atoms with Gasteiger partial charge in [-0.05, 0) is 17.6 Å². The molecule has 90 valence electrons. The molecule has 0 spiro atoms. The van der Waals surface area contributed by atoms with Gasteiger partial charge in [-0.1, -0.05) is 30.3 Å². The molecule has 0 radical (unpaired) electrons. The molecule has 0 unspecified atom stereocenters. The van der Waals surface area contributed by atoms with Crippen LogP contribution in [0.5, 0.6) is 0 Å². The molecular formula is C12H9BO4S. The van der Waals surface area contributed by atoms with Crippen molar-refractivity contribution in [1.29, 1.82) is 0 Å². The number of fused-ring (bicyclic) bond motifs is 3. The molecule has 2 aromatic rings. The van der Waals surface area contributed by atoms with Crippen LogP contribution in [0.4, 0.5) is 0 Å². The van der Waals surface area contributed by atoms with Gasteiger partial charge in [0.1, 0.15) is 0 Å². The minimum Gasteiger partial charge on any atom is -0.423 e. The number of benzene rings is 2. The topological polar surface area (TPSA) is 74.6 Å². The third-order valence-corrected chi connectivity index (χ3v) is 4.93. The van der Waals surface area contributed by atoms with Crippen molar-refractivity contribution in [3.05, 3.63) is 42.5 Å². The van der Waals surface area contributed by atoms with Crippen LogP contribution in [0.25, 0.3) is 11.1 Å². The summed E-state index contributed by atoms with van der Waals surface area (Å²) in [6.45, 7) is 0. The summed E-state index contributed by atoms with van der Waals surface area (Å²) in [6.07, 6.45) is 0. The fourth-order valence-corrected chi connectivity index (χ4v) is 4.01. The lowest BCUT2D eigenvalue weighted by molar-refractivity contribution is 0.426. The Morgan fingerprint density at radius 1 is 0.889 bits per heavy atom. The van der Waals surface area contributed by atoms with Crippen molar-refractivity contribution >= 4 is 22.4 Å². The van der Waals surface area contributed by atoms with Crippen molar-refractivity contribution in [2.45, 2.75) is 9.79 Å². The quantitative estimate of drug-likeness (QED) is 0.612. The molecule has 4 nitrogen and oxygen atoms in total. The highest BCUT2D eigenvalue weighted by Gasteiger charge is 2.35. The van der Waals surface area contributed by atoms with Crippen molar-refractivity contribution in [3.8, 4) is 11.1 Å². The van der Waals surface area contributed by atoms with Crippen molar-refractivity contribution in [3.63, 3.8) is 0 Å². The lowest BCUT2D eigenvalue weighted by Gasteiger charge is -2.06. The molecule has 1 heterocycles. The van der Waals surface area contributed by atoms with Crippen molar-refractivity contribution in [1.82, 2.24) is 0 Å². The second kappa shape index (κ2) is 3.68. The minimum absolute atomic E-state index is 0.134. The fraction of sp³-hybridized carbons (Fsp3) is 0. The maximum Gasteiger partial charge on any atom is 0.489 e. The van der Waals surface area contributed by atoms with E-state index in [-0.39, 0.29) is 15.3 Å². The van der Waals surface area contributed by atoms with Crippen LogP contribution in [0, 0.1) is 0 Å². The standard InChI is InChI=1S/C12H9BO4S/c14-13(15)9-5-3-7-11-12(9)8-4-1-2-6-10(8)18(11,16)17/h1-7,14-15H. The second-order valence-corrected chi connectivity index (χ2v) is 5.98. The van der Waals surface area contributed by atoms with Crippen LogP contribution in [0.3, 0.4) is 0 Å². The Bertz CT molecular complexity index is 737. The molecule has 2 aromatic carbocycles. The Balaban J connectivity index is 2.48. The van der Waals surface area contributed by atoms with Crippen LogP contribution in [0.1, 0.15) is 0 Å². The largest absolute Gasteiger partial charge is 0.489 e. The summed E-state index contributed by atoms with van der Waals surface area (Å²) in [4.78, 5) is 0.349. The molecule has 1 aliphatic heterocycles. The van der Waals surface area contributed by atoms with E-state index in [9.17, 15) is 18.5 Å². The van der Waals surface area contributed by atoms with E-state index in [4.69, 9.17) is 0 Å². The average Bonchev–Trinajstić information content (AvgIpc) is 2.59. The van der Waals surface area contributed by atoms with E-state index >= 15 is 0 Å². The maximum atomic E-state index is 12.3. The molecule has 2 N–H and O–H groups in total. The second-order valence-electron chi connectivity index (χ2n) is 4.09. The Morgan fingerprint density at radius 3 is 2.28 bits per heavy atom. The summed E-state index contributed by atoms with van der Waals surface area (Å²) >= 11 is 0. The molecule has 0 saturated carbocycles. The van der Waals surface area contributed by atoms with Crippen LogP contribution in [-0.2, 0) is 9.84 Å². The maximum absolute atomic E-state index is 12.3. The molecule has 3 rings (SSSR count). The van der Waals surface area contributed by atoms with E-state index in [1.165, 1.54) is 24.3 Å². The lowest BCUT2D eigenvalue weighted by Crippen LogP contribution is -2.31. The Kier molecular flexibility index (Phi) is 2.35. The first-order valence-electron chi connectivity index (χ1n) is 5.37. The van der Waals surface area contributed by atoms with Gasteiger partial charge in [0.15, 0.2) is 0 Å². The Morgan fingerprint density at radius 2 is 1.56 bits per heavy atom. The van der Waals surface area contributed by atoms with Crippen molar-refractivity contribution in [2.75, 3.05) is 0 Å². The highest BCUT2D eigenvalue weighted by Crippen LogP contribution is 2.41. The lowest BCUT2D eigenvalue weighted by atomic mass is 9.75. The average molecular weight is 260 g/mol. The predicted molar refractivity (Wildman–Crippen MR) is 67.2 cm³/mol. The first kappa shape index (κ1) is 11.5. The van der Waals surface area contributed by atoms with Crippen LogP contribution in [0.2, 0.25) is 0 Å². The molecule has 0 bridgehead atoms. The van der Waals surface area contributed by atoms with Gasteiger partial charge in [0.25, 0.3) is 0 Å². The molecule has 0 fully saturated rings. The number of sulfone groups is 1. The smallest absolute Gasteiger partial charge is 0.423 e. The van der Waals surface area contributed by atoms with Gasteiger partial charge in [0.2, 0.25) is 9.84 Å². The highest BCUT2D eigenvalue weighted by molar-refractivity contribution is 7.92. The van der Waals surface area contributed by atoms with Crippen LogP contribution >= 0.6 is 0 Å². The molecule has 18 heavy (non-hydrogen) atoms. The van der Waals surface area contributed by atoms with Gasteiger partial charge < -0.3 is 10.0 Å². The van der Waals surface area contributed by atoms with E-state index in [2.05, 4.69) is 0 Å². The number of hydrogen-bond donors (Lipinski definition) is 2. The fourth-order valence-electron chi connectivity index (χ4n) is 2.30. The number of rotatable bonds is 1. The first-order chi connectivity index (χ1) is 8.53. The van der Waals surface area contributed by atoms with Crippen LogP contribution < -0.4 is 5.46 Å². The summed E-state index contributed by atoms with van der Waals surface area (Å²) in [5.41, 5.74) is 1.13. The van der Waals surface area contributed by atoms with Gasteiger partial charge in [-0.2, -0.15) is 0 Å². The normalized spacial score (nSPS) is 15.0. The molecule has 0 aliphatic carbocycles. The van der Waals surface area contributed by atoms with Crippen LogP contribution in [-0.4, -0.2) is 25.6 Å². The summed E-state index contributed by atoms with van der Waals surface area (Å²) in [7, 11) is -5.24.